The molecule has 2 aliphatic rings. The fourth-order valence-electron chi connectivity index (χ4n) is 5.31. The fourth-order valence-corrected chi connectivity index (χ4v) is 7.26. The highest BCUT2D eigenvalue weighted by Crippen LogP contribution is 2.29. The Morgan fingerprint density at radius 1 is 0.912 bits per heavy atom. The second-order valence-corrected chi connectivity index (χ2v) is 12.4. The lowest BCUT2D eigenvalue weighted by Crippen LogP contribution is -2.45. The Morgan fingerprint density at radius 3 is 2.21 bits per heavy atom. The molecular formula is C27H35BrN2O3S. The second kappa shape index (κ2) is 11.8. The molecule has 1 heterocycles. The van der Waals surface area contributed by atoms with E-state index < -0.39 is 10.0 Å². The highest BCUT2D eigenvalue weighted by molar-refractivity contribution is 9.10. The minimum atomic E-state index is -3.65. The zero-order valence-corrected chi connectivity index (χ0v) is 22.1. The van der Waals surface area contributed by atoms with Crippen molar-refractivity contribution in [3.8, 4) is 0 Å². The number of nitrogens with zero attached hydrogens (tertiary/aromatic N) is 2. The molecule has 0 atom stereocenters. The highest BCUT2D eigenvalue weighted by atomic mass is 79.9. The van der Waals surface area contributed by atoms with Gasteiger partial charge in [0.05, 0.1) is 4.90 Å². The first-order chi connectivity index (χ1) is 16.4. The van der Waals surface area contributed by atoms with Gasteiger partial charge in [0.25, 0.3) is 0 Å². The molecule has 1 aliphatic carbocycles. The Bertz CT molecular complexity index is 1030. The second-order valence-electron chi connectivity index (χ2n) is 9.63. The van der Waals surface area contributed by atoms with Gasteiger partial charge in [0.15, 0.2) is 0 Å². The fraction of sp³-hybridized carbons (Fsp3) is 0.519. The molecule has 0 N–H and O–H groups in total. The molecule has 4 rings (SSSR count). The van der Waals surface area contributed by atoms with E-state index in [9.17, 15) is 13.2 Å². The van der Waals surface area contributed by atoms with E-state index in [1.807, 2.05) is 11.0 Å². The molecule has 1 saturated carbocycles. The monoisotopic (exact) mass is 546 g/mol. The van der Waals surface area contributed by atoms with Crippen molar-refractivity contribution < 1.29 is 13.2 Å². The summed E-state index contributed by atoms with van der Waals surface area (Å²) in [6, 6.07) is 17.3. The Morgan fingerprint density at radius 2 is 1.56 bits per heavy atom. The molecule has 34 heavy (non-hydrogen) atoms. The maximum Gasteiger partial charge on any atom is 0.243 e. The number of rotatable bonds is 8. The Hall–Kier alpha value is -1.70. The summed E-state index contributed by atoms with van der Waals surface area (Å²) >= 11 is 3.38. The summed E-state index contributed by atoms with van der Waals surface area (Å²) in [6.45, 7) is 1.78. The van der Waals surface area contributed by atoms with Crippen LogP contribution in [0.1, 0.15) is 56.9 Å². The molecule has 2 aromatic rings. The molecule has 0 aromatic heterocycles. The lowest BCUT2D eigenvalue weighted by Gasteiger charge is -2.35. The first kappa shape index (κ1) is 25.4. The zero-order chi connectivity index (χ0) is 24.0. The summed E-state index contributed by atoms with van der Waals surface area (Å²) in [4.78, 5) is 15.3. The van der Waals surface area contributed by atoms with Gasteiger partial charge in [-0.05, 0) is 67.9 Å². The maximum absolute atomic E-state index is 13.5. The van der Waals surface area contributed by atoms with Crippen LogP contribution in [0.5, 0.6) is 0 Å². The van der Waals surface area contributed by atoms with E-state index in [0.717, 1.165) is 68.9 Å². The molecule has 1 aliphatic heterocycles. The number of hydrogen-bond donors (Lipinski definition) is 0. The molecule has 1 saturated heterocycles. The van der Waals surface area contributed by atoms with Gasteiger partial charge >= 0.3 is 0 Å². The van der Waals surface area contributed by atoms with Crippen LogP contribution < -0.4 is 0 Å². The van der Waals surface area contributed by atoms with Crippen LogP contribution in [-0.2, 0) is 21.2 Å². The zero-order valence-electron chi connectivity index (χ0n) is 19.7. The minimum absolute atomic E-state index is 0.0215. The third kappa shape index (κ3) is 6.49. The van der Waals surface area contributed by atoms with Gasteiger partial charge in [-0.25, -0.2) is 8.42 Å². The molecule has 2 fully saturated rings. The van der Waals surface area contributed by atoms with Crippen molar-refractivity contribution in [3.05, 3.63) is 64.6 Å². The summed E-state index contributed by atoms with van der Waals surface area (Å²) in [6.07, 6.45) is 8.29. The van der Waals surface area contributed by atoms with Gasteiger partial charge in [-0.3, -0.25) is 4.79 Å². The van der Waals surface area contributed by atoms with Gasteiger partial charge in [0, 0.05) is 36.6 Å². The van der Waals surface area contributed by atoms with E-state index in [2.05, 4.69) is 40.2 Å². The van der Waals surface area contributed by atoms with Gasteiger partial charge in [0.2, 0.25) is 15.9 Å². The number of piperidine rings is 1. The van der Waals surface area contributed by atoms with Gasteiger partial charge in [-0.2, -0.15) is 4.31 Å². The van der Waals surface area contributed by atoms with E-state index in [0.29, 0.717) is 10.8 Å². The smallest absolute Gasteiger partial charge is 0.243 e. The van der Waals surface area contributed by atoms with Crippen molar-refractivity contribution in [2.45, 2.75) is 68.7 Å². The number of amides is 1. The van der Waals surface area contributed by atoms with Crippen LogP contribution in [0.4, 0.5) is 0 Å². The van der Waals surface area contributed by atoms with Crippen molar-refractivity contribution in [2.24, 2.45) is 5.92 Å². The molecule has 7 heteroatoms. The number of carbonyl (C=O) groups is 1. The topological polar surface area (TPSA) is 57.7 Å². The third-order valence-corrected chi connectivity index (χ3v) is 9.78. The largest absolute Gasteiger partial charge is 0.343 e. The number of sulfonamides is 1. The van der Waals surface area contributed by atoms with Crippen molar-refractivity contribution in [2.75, 3.05) is 19.6 Å². The van der Waals surface area contributed by atoms with Gasteiger partial charge < -0.3 is 4.90 Å². The van der Waals surface area contributed by atoms with Crippen molar-refractivity contribution >= 4 is 31.9 Å². The number of benzene rings is 2. The summed E-state index contributed by atoms with van der Waals surface area (Å²) in [5, 5.41) is 0. The van der Waals surface area contributed by atoms with E-state index in [1.54, 1.807) is 28.6 Å². The van der Waals surface area contributed by atoms with Crippen LogP contribution in [-0.4, -0.2) is 49.2 Å². The van der Waals surface area contributed by atoms with Gasteiger partial charge in [-0.1, -0.05) is 65.5 Å². The molecule has 0 unspecified atom stereocenters. The molecule has 184 valence electrons. The van der Waals surface area contributed by atoms with E-state index in [1.165, 1.54) is 5.56 Å². The van der Waals surface area contributed by atoms with Crippen LogP contribution in [0.3, 0.4) is 0 Å². The summed E-state index contributed by atoms with van der Waals surface area (Å²) in [7, 11) is -3.65. The van der Waals surface area contributed by atoms with E-state index in [4.69, 9.17) is 0 Å². The molecule has 0 radical (unpaired) electrons. The molecule has 1 amide bonds. The van der Waals surface area contributed by atoms with Crippen molar-refractivity contribution in [3.63, 3.8) is 0 Å². The highest BCUT2D eigenvalue weighted by Gasteiger charge is 2.33. The number of halogens is 1. The maximum atomic E-state index is 13.5. The van der Waals surface area contributed by atoms with Crippen LogP contribution in [0.2, 0.25) is 0 Å². The summed E-state index contributed by atoms with van der Waals surface area (Å²) in [5.41, 5.74) is 1.36. The molecule has 0 spiro atoms. The quantitative estimate of drug-likeness (QED) is 0.430. The third-order valence-electron chi connectivity index (χ3n) is 7.28. The molecular weight excluding hydrogens is 512 g/mol. The number of likely N-dealkylation sites (tertiary alicyclic amines) is 1. The van der Waals surface area contributed by atoms with Crippen LogP contribution in [0.25, 0.3) is 0 Å². The number of carbonyl (C=O) groups excluding carboxylic acids is 1. The normalized spacial score (nSPS) is 18.4. The average Bonchev–Trinajstić information content (AvgIpc) is 2.86. The number of hydrogen-bond acceptors (Lipinski definition) is 3. The summed E-state index contributed by atoms with van der Waals surface area (Å²) in [5.74, 6) is 0.674. The predicted octanol–water partition coefficient (Wildman–Crippen LogP) is 5.64. The molecule has 5 nitrogen and oxygen atoms in total. The SMILES string of the molecule is O=C(CCN(C1CCCCC1)S(=O)(=O)c1ccc(Br)cc1)N1CCC(Cc2ccccc2)CC1. The van der Waals surface area contributed by atoms with Crippen molar-refractivity contribution in [1.29, 1.82) is 0 Å². The predicted molar refractivity (Wildman–Crippen MR) is 139 cm³/mol. The van der Waals surface area contributed by atoms with Gasteiger partial charge in [-0.15, -0.1) is 0 Å². The molecule has 2 aromatic carbocycles. The van der Waals surface area contributed by atoms with Gasteiger partial charge in [0.1, 0.15) is 0 Å². The first-order valence-electron chi connectivity index (χ1n) is 12.5. The van der Waals surface area contributed by atoms with E-state index >= 15 is 0 Å². The first-order valence-corrected chi connectivity index (χ1v) is 14.8. The average molecular weight is 548 g/mol. The lowest BCUT2D eigenvalue weighted by molar-refractivity contribution is -0.132. The van der Waals surface area contributed by atoms with Crippen LogP contribution in [0.15, 0.2) is 64.0 Å². The Labute approximate surface area is 212 Å². The van der Waals surface area contributed by atoms with Crippen LogP contribution >= 0.6 is 15.9 Å². The minimum Gasteiger partial charge on any atom is -0.343 e. The van der Waals surface area contributed by atoms with E-state index in [-0.39, 0.29) is 24.9 Å². The molecule has 0 bridgehead atoms. The lowest BCUT2D eigenvalue weighted by atomic mass is 9.90. The summed E-state index contributed by atoms with van der Waals surface area (Å²) < 4.78 is 29.5. The van der Waals surface area contributed by atoms with Crippen LogP contribution in [0, 0.1) is 5.92 Å². The van der Waals surface area contributed by atoms with Crippen molar-refractivity contribution in [1.82, 2.24) is 9.21 Å². The Kier molecular flexibility index (Phi) is 8.83. The Balaban J connectivity index is 1.36. The standard InChI is InChI=1S/C27H35BrN2O3S/c28-24-11-13-26(14-12-24)34(32,33)30(25-9-5-2-6-10-25)20-17-27(31)29-18-15-23(16-19-29)21-22-7-3-1-4-8-22/h1,3-4,7-8,11-14,23,25H,2,5-6,9-10,15-21H2.